The minimum atomic E-state index is -0.226. The van der Waals surface area contributed by atoms with Crippen molar-refractivity contribution in [1.29, 1.82) is 0 Å². The number of hydrogen-bond donors (Lipinski definition) is 0. The molecule has 0 aliphatic carbocycles. The average Bonchev–Trinajstić information content (AvgIpc) is 2.44. The number of ether oxygens (including phenoxy) is 1. The fraction of sp³-hybridized carbons (Fsp3) is 0.294. The average molecular weight is 258 g/mol. The molecular weight excluding hydrogens is 239 g/mol. The summed E-state index contributed by atoms with van der Waals surface area (Å²) in [7, 11) is 0. The van der Waals surface area contributed by atoms with Gasteiger partial charge in [-0.3, -0.25) is 0 Å². The first-order chi connectivity index (χ1) is 9.28. The molecule has 19 heavy (non-hydrogen) atoms. The summed E-state index contributed by atoms with van der Waals surface area (Å²) < 4.78 is 18.6. The molecule has 0 spiro atoms. The van der Waals surface area contributed by atoms with E-state index in [4.69, 9.17) is 4.74 Å². The smallest absolute Gasteiger partial charge is 0.123 e. The van der Waals surface area contributed by atoms with Gasteiger partial charge < -0.3 is 4.74 Å². The van der Waals surface area contributed by atoms with Crippen molar-refractivity contribution in [2.75, 3.05) is 0 Å². The van der Waals surface area contributed by atoms with E-state index < -0.39 is 0 Å². The molecule has 0 saturated heterocycles. The maximum atomic E-state index is 13.0. The van der Waals surface area contributed by atoms with Crippen LogP contribution < -0.4 is 4.74 Å². The first-order valence-corrected chi connectivity index (χ1v) is 6.74. The van der Waals surface area contributed by atoms with E-state index in [1.54, 1.807) is 6.07 Å². The van der Waals surface area contributed by atoms with Crippen molar-refractivity contribution in [3.05, 3.63) is 65.5 Å². The zero-order chi connectivity index (χ0) is 13.5. The van der Waals surface area contributed by atoms with E-state index in [9.17, 15) is 4.39 Å². The Morgan fingerprint density at radius 3 is 2.47 bits per heavy atom. The Balaban J connectivity index is 1.89. The van der Waals surface area contributed by atoms with Crippen LogP contribution in [0.3, 0.4) is 0 Å². The molecule has 0 fully saturated rings. The third-order valence-corrected chi connectivity index (χ3v) is 3.04. The summed E-state index contributed by atoms with van der Waals surface area (Å²) in [4.78, 5) is 0. The van der Waals surface area contributed by atoms with Gasteiger partial charge in [-0.25, -0.2) is 4.39 Å². The van der Waals surface area contributed by atoms with Gasteiger partial charge >= 0.3 is 0 Å². The lowest BCUT2D eigenvalue weighted by Crippen LogP contribution is -1.96. The number of unbranched alkanes of at least 4 members (excludes halogenated alkanes) is 1. The largest absolute Gasteiger partial charge is 0.489 e. The number of hydrogen-bond acceptors (Lipinski definition) is 1. The van der Waals surface area contributed by atoms with Crippen molar-refractivity contribution in [2.24, 2.45) is 0 Å². The van der Waals surface area contributed by atoms with Crippen molar-refractivity contribution in [3.8, 4) is 5.75 Å². The minimum absolute atomic E-state index is 0.226. The maximum Gasteiger partial charge on any atom is 0.123 e. The highest BCUT2D eigenvalue weighted by Crippen LogP contribution is 2.16. The molecule has 0 aromatic heterocycles. The van der Waals surface area contributed by atoms with Gasteiger partial charge in [0, 0.05) is 0 Å². The Hall–Kier alpha value is -1.83. The van der Waals surface area contributed by atoms with Crippen molar-refractivity contribution >= 4 is 0 Å². The zero-order valence-electron chi connectivity index (χ0n) is 11.2. The van der Waals surface area contributed by atoms with Gasteiger partial charge in [-0.15, -0.1) is 0 Å². The highest BCUT2D eigenvalue weighted by molar-refractivity contribution is 5.28. The molecule has 0 atom stereocenters. The Labute approximate surface area is 114 Å². The van der Waals surface area contributed by atoms with Gasteiger partial charge in [0.15, 0.2) is 0 Å². The van der Waals surface area contributed by atoms with Gasteiger partial charge in [-0.1, -0.05) is 37.6 Å². The van der Waals surface area contributed by atoms with E-state index in [1.165, 1.54) is 30.5 Å². The van der Waals surface area contributed by atoms with Crippen LogP contribution in [0.25, 0.3) is 0 Å². The second-order valence-electron chi connectivity index (χ2n) is 4.67. The van der Waals surface area contributed by atoms with Crippen molar-refractivity contribution in [3.63, 3.8) is 0 Å². The Morgan fingerprint density at radius 1 is 1.00 bits per heavy atom. The number of halogens is 1. The summed E-state index contributed by atoms with van der Waals surface area (Å²) in [5.41, 5.74) is 2.18. The van der Waals surface area contributed by atoms with Crippen LogP contribution in [0.1, 0.15) is 30.9 Å². The van der Waals surface area contributed by atoms with Gasteiger partial charge in [0.05, 0.1) is 0 Å². The summed E-state index contributed by atoms with van der Waals surface area (Å²) in [5.74, 6) is 0.598. The monoisotopic (exact) mass is 258 g/mol. The summed E-state index contributed by atoms with van der Waals surface area (Å²) in [6.07, 6.45) is 3.53. The van der Waals surface area contributed by atoms with E-state index >= 15 is 0 Å². The van der Waals surface area contributed by atoms with Crippen LogP contribution in [0, 0.1) is 5.82 Å². The van der Waals surface area contributed by atoms with Crippen molar-refractivity contribution in [2.45, 2.75) is 32.8 Å². The van der Waals surface area contributed by atoms with Gasteiger partial charge in [-0.2, -0.15) is 0 Å². The summed E-state index contributed by atoms with van der Waals surface area (Å²) in [6.45, 7) is 2.59. The molecule has 0 radical (unpaired) electrons. The van der Waals surface area contributed by atoms with E-state index in [2.05, 4.69) is 19.1 Å². The molecule has 2 aromatic carbocycles. The predicted octanol–water partition coefficient (Wildman–Crippen LogP) is 4.75. The van der Waals surface area contributed by atoms with E-state index in [-0.39, 0.29) is 5.82 Å². The summed E-state index contributed by atoms with van der Waals surface area (Å²) in [6, 6.07) is 14.6. The molecule has 0 unspecified atom stereocenters. The Morgan fingerprint density at radius 2 is 1.79 bits per heavy atom. The van der Waals surface area contributed by atoms with Crippen LogP contribution in [0.2, 0.25) is 0 Å². The molecule has 2 rings (SSSR count). The maximum absolute atomic E-state index is 13.0. The highest BCUT2D eigenvalue weighted by atomic mass is 19.1. The van der Waals surface area contributed by atoms with Crippen LogP contribution >= 0.6 is 0 Å². The van der Waals surface area contributed by atoms with Gasteiger partial charge in [0.2, 0.25) is 0 Å². The van der Waals surface area contributed by atoms with Crippen LogP contribution in [-0.4, -0.2) is 0 Å². The van der Waals surface area contributed by atoms with Crippen LogP contribution in [0.4, 0.5) is 4.39 Å². The van der Waals surface area contributed by atoms with E-state index in [1.807, 2.05) is 18.2 Å². The first kappa shape index (κ1) is 13.6. The van der Waals surface area contributed by atoms with Gasteiger partial charge in [0.25, 0.3) is 0 Å². The number of benzene rings is 2. The van der Waals surface area contributed by atoms with Gasteiger partial charge in [-0.05, 0) is 48.2 Å². The third-order valence-electron chi connectivity index (χ3n) is 3.04. The lowest BCUT2D eigenvalue weighted by Gasteiger charge is -2.07. The van der Waals surface area contributed by atoms with Crippen LogP contribution in [-0.2, 0) is 13.0 Å². The normalized spacial score (nSPS) is 10.4. The lowest BCUT2D eigenvalue weighted by molar-refractivity contribution is 0.305. The number of aryl methyl sites for hydroxylation is 1. The molecule has 0 amide bonds. The van der Waals surface area contributed by atoms with Crippen LogP contribution in [0.5, 0.6) is 5.75 Å². The molecule has 100 valence electrons. The minimum Gasteiger partial charge on any atom is -0.489 e. The molecule has 2 heteroatoms. The highest BCUT2D eigenvalue weighted by Gasteiger charge is 1.98. The first-order valence-electron chi connectivity index (χ1n) is 6.74. The fourth-order valence-corrected chi connectivity index (χ4v) is 1.93. The predicted molar refractivity (Wildman–Crippen MR) is 75.8 cm³/mol. The van der Waals surface area contributed by atoms with Crippen LogP contribution in [0.15, 0.2) is 48.5 Å². The van der Waals surface area contributed by atoms with Gasteiger partial charge in [0.1, 0.15) is 18.2 Å². The number of rotatable bonds is 6. The zero-order valence-corrected chi connectivity index (χ0v) is 11.2. The van der Waals surface area contributed by atoms with E-state index in [0.717, 1.165) is 17.7 Å². The molecule has 0 N–H and O–H groups in total. The standard InChI is InChI=1S/C17H19FO/c1-2-3-5-14-8-10-17(11-9-14)19-13-15-6-4-7-16(18)12-15/h4,6-12H,2-3,5,13H2,1H3. The second-order valence-corrected chi connectivity index (χ2v) is 4.67. The molecule has 0 heterocycles. The summed E-state index contributed by atoms with van der Waals surface area (Å²) >= 11 is 0. The molecule has 0 bridgehead atoms. The quantitative estimate of drug-likeness (QED) is 0.726. The second kappa shape index (κ2) is 6.93. The lowest BCUT2D eigenvalue weighted by atomic mass is 10.1. The summed E-state index contributed by atoms with van der Waals surface area (Å²) in [5, 5.41) is 0. The van der Waals surface area contributed by atoms with Crippen molar-refractivity contribution < 1.29 is 9.13 Å². The SMILES string of the molecule is CCCCc1ccc(OCc2cccc(F)c2)cc1. The van der Waals surface area contributed by atoms with Crippen molar-refractivity contribution in [1.82, 2.24) is 0 Å². The fourth-order valence-electron chi connectivity index (χ4n) is 1.93. The molecule has 1 nitrogen and oxygen atoms in total. The molecule has 0 aliphatic heterocycles. The molecule has 0 aliphatic rings. The Kier molecular flexibility index (Phi) is 4.96. The third kappa shape index (κ3) is 4.40. The van der Waals surface area contributed by atoms with E-state index in [0.29, 0.717) is 6.61 Å². The topological polar surface area (TPSA) is 9.23 Å². The Bertz CT molecular complexity index is 505. The molecule has 0 saturated carbocycles. The molecular formula is C17H19FO. The molecule has 2 aromatic rings.